The van der Waals surface area contributed by atoms with Crippen LogP contribution >= 0.6 is 0 Å². The standard InChI is InChI=1S/C28H31FO4/c1-21-26(31-18-23-13-7-3-8-14-23)25(20-30-17-22-11-5-2-6-12-22)33-28(29)27(21)32-19-24-15-9-4-10-16-24/h2-16,21,25-28H,17-20H2,1H3/t21-,25?,26+,27?,28-/m0/s1. The average molecular weight is 451 g/mol. The van der Waals surface area contributed by atoms with Gasteiger partial charge in [-0.3, -0.25) is 0 Å². The zero-order valence-corrected chi connectivity index (χ0v) is 18.9. The number of hydrogen-bond donors (Lipinski definition) is 0. The van der Waals surface area contributed by atoms with E-state index in [2.05, 4.69) is 0 Å². The van der Waals surface area contributed by atoms with Crippen LogP contribution in [-0.2, 0) is 38.8 Å². The third-order valence-corrected chi connectivity index (χ3v) is 5.93. The van der Waals surface area contributed by atoms with Gasteiger partial charge in [-0.2, -0.15) is 0 Å². The molecule has 0 aliphatic carbocycles. The monoisotopic (exact) mass is 450 g/mol. The molecule has 4 nitrogen and oxygen atoms in total. The Morgan fingerprint density at radius 1 is 0.667 bits per heavy atom. The third kappa shape index (κ3) is 6.71. The van der Waals surface area contributed by atoms with Gasteiger partial charge < -0.3 is 18.9 Å². The van der Waals surface area contributed by atoms with E-state index in [1.807, 2.05) is 97.9 Å². The van der Waals surface area contributed by atoms with Crippen LogP contribution in [-0.4, -0.2) is 31.3 Å². The molecule has 0 saturated carbocycles. The van der Waals surface area contributed by atoms with E-state index in [1.54, 1.807) is 0 Å². The van der Waals surface area contributed by atoms with E-state index in [1.165, 1.54) is 0 Å². The second-order valence-corrected chi connectivity index (χ2v) is 8.41. The number of benzene rings is 3. The van der Waals surface area contributed by atoms with Crippen LogP contribution in [0.25, 0.3) is 0 Å². The molecule has 3 aromatic carbocycles. The average Bonchev–Trinajstić information content (AvgIpc) is 2.85. The van der Waals surface area contributed by atoms with Gasteiger partial charge in [0.25, 0.3) is 0 Å². The summed E-state index contributed by atoms with van der Waals surface area (Å²) in [7, 11) is 0. The normalized spacial score (nSPS) is 25.1. The number of rotatable bonds is 10. The molecule has 0 amide bonds. The molecule has 0 N–H and O–H groups in total. The largest absolute Gasteiger partial charge is 0.374 e. The number of alkyl halides is 1. The van der Waals surface area contributed by atoms with Crippen LogP contribution in [0.4, 0.5) is 4.39 Å². The molecular formula is C28H31FO4. The maximum Gasteiger partial charge on any atom is 0.226 e. The van der Waals surface area contributed by atoms with Gasteiger partial charge in [-0.05, 0) is 16.7 Å². The molecule has 0 spiro atoms. The highest BCUT2D eigenvalue weighted by Gasteiger charge is 2.45. The summed E-state index contributed by atoms with van der Waals surface area (Å²) in [6.45, 7) is 3.37. The highest BCUT2D eigenvalue weighted by atomic mass is 19.1. The van der Waals surface area contributed by atoms with Gasteiger partial charge in [-0.1, -0.05) is 97.9 Å². The van der Waals surface area contributed by atoms with Crippen molar-refractivity contribution in [1.82, 2.24) is 0 Å². The molecular weight excluding hydrogens is 419 g/mol. The van der Waals surface area contributed by atoms with Crippen LogP contribution in [0, 0.1) is 5.92 Å². The van der Waals surface area contributed by atoms with Crippen molar-refractivity contribution in [2.45, 2.75) is 51.4 Å². The Hall–Kier alpha value is -2.57. The van der Waals surface area contributed by atoms with E-state index in [0.29, 0.717) is 19.8 Å². The summed E-state index contributed by atoms with van der Waals surface area (Å²) in [4.78, 5) is 0. The number of hydrogen-bond acceptors (Lipinski definition) is 4. The zero-order chi connectivity index (χ0) is 22.9. The van der Waals surface area contributed by atoms with Crippen molar-refractivity contribution in [3.63, 3.8) is 0 Å². The Kier molecular flexibility index (Phi) is 8.61. The second kappa shape index (κ2) is 12.1. The molecule has 4 rings (SSSR count). The fourth-order valence-electron chi connectivity index (χ4n) is 4.11. The van der Waals surface area contributed by atoms with Crippen LogP contribution < -0.4 is 0 Å². The predicted molar refractivity (Wildman–Crippen MR) is 125 cm³/mol. The van der Waals surface area contributed by atoms with E-state index in [9.17, 15) is 0 Å². The quantitative estimate of drug-likeness (QED) is 0.397. The van der Waals surface area contributed by atoms with Gasteiger partial charge in [0.2, 0.25) is 6.36 Å². The van der Waals surface area contributed by atoms with Crippen LogP contribution in [0.2, 0.25) is 0 Å². The molecule has 0 bridgehead atoms. The summed E-state index contributed by atoms with van der Waals surface area (Å²) in [5.74, 6) is -0.216. The summed E-state index contributed by atoms with van der Waals surface area (Å²) in [5.41, 5.74) is 3.11. The molecule has 1 fully saturated rings. The minimum atomic E-state index is -1.55. The summed E-state index contributed by atoms with van der Waals surface area (Å²) in [6.07, 6.45) is -3.17. The highest BCUT2D eigenvalue weighted by molar-refractivity contribution is 5.15. The minimum absolute atomic E-state index is 0.216. The minimum Gasteiger partial charge on any atom is -0.374 e. The van der Waals surface area contributed by atoms with Gasteiger partial charge in [0.15, 0.2) is 0 Å². The molecule has 0 radical (unpaired) electrons. The van der Waals surface area contributed by atoms with Crippen LogP contribution in [0.15, 0.2) is 91.0 Å². The maximum atomic E-state index is 15.1. The SMILES string of the molecule is C[C@@H]1C(OCc2ccccc2)[C@@H](F)OC(COCc2ccccc2)[C@@H]1OCc1ccccc1. The Morgan fingerprint density at radius 2 is 1.12 bits per heavy atom. The molecule has 5 atom stereocenters. The maximum absolute atomic E-state index is 15.1. The van der Waals surface area contributed by atoms with Gasteiger partial charge in [-0.15, -0.1) is 0 Å². The zero-order valence-electron chi connectivity index (χ0n) is 18.9. The van der Waals surface area contributed by atoms with Crippen molar-refractivity contribution in [2.75, 3.05) is 6.61 Å². The molecule has 1 aliphatic rings. The number of halogens is 1. The van der Waals surface area contributed by atoms with Crippen molar-refractivity contribution in [3.05, 3.63) is 108 Å². The lowest BCUT2D eigenvalue weighted by Gasteiger charge is -2.42. The van der Waals surface area contributed by atoms with Crippen molar-refractivity contribution in [2.24, 2.45) is 5.92 Å². The Balaban J connectivity index is 1.41. The van der Waals surface area contributed by atoms with E-state index in [4.69, 9.17) is 18.9 Å². The predicted octanol–water partition coefficient (Wildman–Crippen LogP) is 5.70. The lowest BCUT2D eigenvalue weighted by molar-refractivity contribution is -0.271. The van der Waals surface area contributed by atoms with E-state index < -0.39 is 18.6 Å². The summed E-state index contributed by atoms with van der Waals surface area (Å²) >= 11 is 0. The summed E-state index contributed by atoms with van der Waals surface area (Å²) in [5, 5.41) is 0. The molecule has 0 aromatic heterocycles. The summed E-state index contributed by atoms with van der Waals surface area (Å²) in [6, 6.07) is 29.6. The van der Waals surface area contributed by atoms with Crippen molar-refractivity contribution >= 4 is 0 Å². The van der Waals surface area contributed by atoms with Gasteiger partial charge in [0, 0.05) is 5.92 Å². The highest BCUT2D eigenvalue weighted by Crippen LogP contribution is 2.32. The molecule has 1 saturated heterocycles. The van der Waals surface area contributed by atoms with Gasteiger partial charge in [-0.25, -0.2) is 4.39 Å². The first-order chi connectivity index (χ1) is 16.2. The van der Waals surface area contributed by atoms with Gasteiger partial charge >= 0.3 is 0 Å². The fourth-order valence-corrected chi connectivity index (χ4v) is 4.11. The Labute approximate surface area is 195 Å². The van der Waals surface area contributed by atoms with Gasteiger partial charge in [0.05, 0.1) is 32.5 Å². The second-order valence-electron chi connectivity index (χ2n) is 8.41. The van der Waals surface area contributed by atoms with Crippen molar-refractivity contribution in [1.29, 1.82) is 0 Å². The topological polar surface area (TPSA) is 36.9 Å². The molecule has 3 aromatic rings. The number of ether oxygens (including phenoxy) is 4. The molecule has 174 valence electrons. The third-order valence-electron chi connectivity index (χ3n) is 5.93. The lowest BCUT2D eigenvalue weighted by atomic mass is 9.90. The Morgan fingerprint density at radius 3 is 1.64 bits per heavy atom. The molecule has 1 aliphatic heterocycles. The molecule has 33 heavy (non-hydrogen) atoms. The van der Waals surface area contributed by atoms with Crippen LogP contribution in [0.1, 0.15) is 23.6 Å². The van der Waals surface area contributed by atoms with Crippen molar-refractivity contribution in [3.8, 4) is 0 Å². The fraction of sp³-hybridized carbons (Fsp3) is 0.357. The first kappa shape index (κ1) is 23.6. The van der Waals surface area contributed by atoms with Crippen LogP contribution in [0.5, 0.6) is 0 Å². The van der Waals surface area contributed by atoms with Crippen LogP contribution in [0.3, 0.4) is 0 Å². The first-order valence-electron chi connectivity index (χ1n) is 11.4. The molecule has 5 heteroatoms. The molecule has 1 heterocycles. The lowest BCUT2D eigenvalue weighted by Crippen LogP contribution is -2.55. The van der Waals surface area contributed by atoms with Gasteiger partial charge in [0.1, 0.15) is 12.2 Å². The van der Waals surface area contributed by atoms with Crippen molar-refractivity contribution < 1.29 is 23.3 Å². The smallest absolute Gasteiger partial charge is 0.226 e. The summed E-state index contributed by atoms with van der Waals surface area (Å²) < 4.78 is 39.0. The van der Waals surface area contributed by atoms with E-state index in [-0.39, 0.29) is 18.6 Å². The van der Waals surface area contributed by atoms with E-state index in [0.717, 1.165) is 16.7 Å². The first-order valence-corrected chi connectivity index (χ1v) is 11.4. The van der Waals surface area contributed by atoms with E-state index >= 15 is 4.39 Å². The Bertz CT molecular complexity index is 936. The molecule has 2 unspecified atom stereocenters.